The molecule has 2 heterocycles. The molecule has 0 unspecified atom stereocenters. The maximum Gasteiger partial charge on any atom is 0.119 e. The maximum absolute atomic E-state index is 8.94. The van der Waals surface area contributed by atoms with Crippen LogP contribution in [0.15, 0.2) is 74.3 Å². The van der Waals surface area contributed by atoms with Gasteiger partial charge in [0.1, 0.15) is 5.75 Å². The van der Waals surface area contributed by atoms with Crippen molar-refractivity contribution >= 4 is 54.5 Å². The van der Waals surface area contributed by atoms with E-state index in [9.17, 15) is 0 Å². The number of thiophene rings is 2. The molecule has 4 rings (SSSR count). The molecule has 2 aromatic carbocycles. The van der Waals surface area contributed by atoms with Crippen molar-refractivity contribution in [1.82, 2.24) is 0 Å². The standard InChI is InChI=1S/C34H37Br2NO2S2/c35-32-20-19-31(40-32)34-29(23-33(36)41-34)25-38-21-9-7-5-3-1-2-4-6-8-10-22-39-30-17-15-28(16-18-30)27-13-11-26(24-37)12-14-27/h11-20,23H,1-10,21-22,25H2. The Kier molecular flexibility index (Phi) is 13.9. The normalized spacial score (nSPS) is 11.0. The second kappa shape index (κ2) is 17.9. The van der Waals surface area contributed by atoms with Crippen LogP contribution in [0.1, 0.15) is 75.3 Å². The lowest BCUT2D eigenvalue weighted by atomic mass is 10.0. The minimum absolute atomic E-state index is 0.683. The minimum Gasteiger partial charge on any atom is -0.494 e. The van der Waals surface area contributed by atoms with E-state index in [0.29, 0.717) is 12.2 Å². The SMILES string of the molecule is N#Cc1ccc(-c2ccc(OCCCCCCCCCCCCOCc3cc(Br)sc3-c3ccc(Br)s3)cc2)cc1. The molecule has 0 fully saturated rings. The van der Waals surface area contributed by atoms with Crippen molar-refractivity contribution in [2.24, 2.45) is 0 Å². The molecule has 2 aromatic heterocycles. The van der Waals surface area contributed by atoms with E-state index < -0.39 is 0 Å². The fraction of sp³-hybridized carbons (Fsp3) is 0.382. The van der Waals surface area contributed by atoms with Crippen molar-refractivity contribution in [3.05, 3.63) is 85.4 Å². The Labute approximate surface area is 269 Å². The highest BCUT2D eigenvalue weighted by molar-refractivity contribution is 9.11. The number of ether oxygens (including phenoxy) is 2. The summed E-state index contributed by atoms with van der Waals surface area (Å²) >= 11 is 10.8. The topological polar surface area (TPSA) is 42.2 Å². The Morgan fingerprint density at radius 3 is 1.80 bits per heavy atom. The Morgan fingerprint density at radius 2 is 1.22 bits per heavy atom. The first kappa shape index (κ1) is 32.0. The van der Waals surface area contributed by atoms with E-state index in [1.54, 1.807) is 22.7 Å². The summed E-state index contributed by atoms with van der Waals surface area (Å²) in [5, 5.41) is 8.94. The Morgan fingerprint density at radius 1 is 0.634 bits per heavy atom. The molecule has 0 aliphatic rings. The molecule has 0 aliphatic carbocycles. The summed E-state index contributed by atoms with van der Waals surface area (Å²) < 4.78 is 14.3. The molecule has 41 heavy (non-hydrogen) atoms. The minimum atomic E-state index is 0.683. The summed E-state index contributed by atoms with van der Waals surface area (Å²) in [4.78, 5) is 2.61. The number of hydrogen-bond acceptors (Lipinski definition) is 5. The average molecular weight is 716 g/mol. The lowest BCUT2D eigenvalue weighted by molar-refractivity contribution is 0.117. The van der Waals surface area contributed by atoms with Gasteiger partial charge in [-0.15, -0.1) is 22.7 Å². The fourth-order valence-corrected chi connectivity index (χ4v) is 7.91. The van der Waals surface area contributed by atoms with Crippen LogP contribution in [0.25, 0.3) is 20.9 Å². The molecule has 0 saturated heterocycles. The number of hydrogen-bond donors (Lipinski definition) is 0. The highest BCUT2D eigenvalue weighted by Gasteiger charge is 2.12. The molecule has 0 radical (unpaired) electrons. The van der Waals surface area contributed by atoms with Gasteiger partial charge in [-0.2, -0.15) is 5.26 Å². The smallest absolute Gasteiger partial charge is 0.119 e. The molecule has 0 spiro atoms. The highest BCUT2D eigenvalue weighted by atomic mass is 79.9. The second-order valence-electron chi connectivity index (χ2n) is 10.2. The van der Waals surface area contributed by atoms with Gasteiger partial charge in [0.2, 0.25) is 0 Å². The number of unbranched alkanes of at least 4 members (excludes halogenated alkanes) is 9. The number of benzene rings is 2. The third kappa shape index (κ3) is 11.0. The largest absolute Gasteiger partial charge is 0.494 e. The van der Waals surface area contributed by atoms with Gasteiger partial charge in [0.15, 0.2) is 0 Å². The molecule has 0 N–H and O–H groups in total. The molecule has 0 aliphatic heterocycles. The predicted octanol–water partition coefficient (Wildman–Crippen LogP) is 12.0. The molecule has 0 bridgehead atoms. The molecule has 216 valence electrons. The summed E-state index contributed by atoms with van der Waals surface area (Å²) in [5.74, 6) is 0.920. The predicted molar refractivity (Wildman–Crippen MR) is 181 cm³/mol. The molecule has 0 amide bonds. The second-order valence-corrected chi connectivity index (χ2v) is 15.1. The van der Waals surface area contributed by atoms with Gasteiger partial charge >= 0.3 is 0 Å². The van der Waals surface area contributed by atoms with E-state index in [0.717, 1.165) is 50.5 Å². The Balaban J connectivity index is 0.952. The van der Waals surface area contributed by atoms with Gasteiger partial charge in [0.25, 0.3) is 0 Å². The van der Waals surface area contributed by atoms with Crippen LogP contribution in [0.4, 0.5) is 0 Å². The summed E-state index contributed by atoms with van der Waals surface area (Å²) in [6.07, 6.45) is 12.6. The van der Waals surface area contributed by atoms with Gasteiger partial charge in [0, 0.05) is 11.5 Å². The lowest BCUT2D eigenvalue weighted by Crippen LogP contribution is -1.97. The van der Waals surface area contributed by atoms with Gasteiger partial charge in [-0.1, -0.05) is 75.6 Å². The first-order valence-corrected chi connectivity index (χ1v) is 17.7. The van der Waals surface area contributed by atoms with Crippen molar-refractivity contribution < 1.29 is 9.47 Å². The highest BCUT2D eigenvalue weighted by Crippen LogP contribution is 2.40. The van der Waals surface area contributed by atoms with Crippen LogP contribution in [0.5, 0.6) is 5.75 Å². The fourth-order valence-electron chi connectivity index (χ4n) is 4.72. The van der Waals surface area contributed by atoms with Crippen molar-refractivity contribution in [1.29, 1.82) is 5.26 Å². The Hall–Kier alpha value is -1.95. The molecule has 0 atom stereocenters. The van der Waals surface area contributed by atoms with E-state index in [4.69, 9.17) is 14.7 Å². The number of halogens is 2. The summed E-state index contributed by atoms with van der Waals surface area (Å²) in [5.41, 5.74) is 4.20. The van der Waals surface area contributed by atoms with Crippen LogP contribution >= 0.6 is 54.5 Å². The quantitative estimate of drug-likeness (QED) is 0.0964. The summed E-state index contributed by atoms with van der Waals surface area (Å²) in [6.45, 7) is 2.30. The van der Waals surface area contributed by atoms with Gasteiger partial charge in [-0.3, -0.25) is 0 Å². The lowest BCUT2D eigenvalue weighted by Gasteiger charge is -2.08. The third-order valence-electron chi connectivity index (χ3n) is 6.99. The molecular formula is C34H37Br2NO2S2. The number of rotatable bonds is 18. The van der Waals surface area contributed by atoms with E-state index in [1.807, 2.05) is 36.4 Å². The third-order valence-corrected chi connectivity index (χ3v) is 10.5. The van der Waals surface area contributed by atoms with Crippen molar-refractivity contribution in [2.75, 3.05) is 13.2 Å². The van der Waals surface area contributed by atoms with Crippen LogP contribution in [-0.4, -0.2) is 13.2 Å². The van der Waals surface area contributed by atoms with Crippen LogP contribution in [0.2, 0.25) is 0 Å². The van der Waals surface area contributed by atoms with Crippen LogP contribution in [0.3, 0.4) is 0 Å². The van der Waals surface area contributed by atoms with Gasteiger partial charge in [-0.25, -0.2) is 0 Å². The van der Waals surface area contributed by atoms with Gasteiger partial charge < -0.3 is 9.47 Å². The molecular weight excluding hydrogens is 678 g/mol. The van der Waals surface area contributed by atoms with Crippen molar-refractivity contribution in [2.45, 2.75) is 70.8 Å². The zero-order valence-electron chi connectivity index (χ0n) is 23.4. The number of nitrogens with zero attached hydrogens (tertiary/aromatic N) is 1. The first-order chi connectivity index (χ1) is 20.1. The molecule has 0 saturated carbocycles. The molecule has 3 nitrogen and oxygen atoms in total. The van der Waals surface area contributed by atoms with Crippen LogP contribution < -0.4 is 4.74 Å². The van der Waals surface area contributed by atoms with Crippen molar-refractivity contribution in [3.8, 4) is 32.7 Å². The van der Waals surface area contributed by atoms with E-state index in [1.165, 1.54) is 66.7 Å². The average Bonchev–Trinajstić information content (AvgIpc) is 3.60. The zero-order valence-corrected chi connectivity index (χ0v) is 28.2. The van der Waals surface area contributed by atoms with E-state index in [2.05, 4.69) is 68.3 Å². The maximum atomic E-state index is 8.94. The van der Waals surface area contributed by atoms with Gasteiger partial charge in [0.05, 0.1) is 37.3 Å². The number of nitriles is 1. The van der Waals surface area contributed by atoms with Crippen molar-refractivity contribution in [3.63, 3.8) is 0 Å². The molecule has 4 aromatic rings. The monoisotopic (exact) mass is 713 g/mol. The van der Waals surface area contributed by atoms with E-state index in [-0.39, 0.29) is 0 Å². The van der Waals surface area contributed by atoms with Crippen LogP contribution in [-0.2, 0) is 11.3 Å². The molecule has 7 heteroatoms. The Bertz CT molecular complexity index is 1360. The van der Waals surface area contributed by atoms with Gasteiger partial charge in [-0.05, 0) is 104 Å². The summed E-state index contributed by atoms with van der Waals surface area (Å²) in [6, 6.07) is 24.5. The first-order valence-electron chi connectivity index (χ1n) is 14.5. The summed E-state index contributed by atoms with van der Waals surface area (Å²) in [7, 11) is 0. The zero-order chi connectivity index (χ0) is 28.7. The van der Waals surface area contributed by atoms with Crippen LogP contribution in [0, 0.1) is 11.3 Å². The van der Waals surface area contributed by atoms with E-state index >= 15 is 0 Å².